The van der Waals surface area contributed by atoms with Gasteiger partial charge in [-0.25, -0.2) is 4.79 Å². The van der Waals surface area contributed by atoms with E-state index in [1.54, 1.807) is 13.0 Å². The van der Waals surface area contributed by atoms with Gasteiger partial charge in [-0.3, -0.25) is 0 Å². The van der Waals surface area contributed by atoms with Gasteiger partial charge in [-0.05, 0) is 86.6 Å². The van der Waals surface area contributed by atoms with Crippen LogP contribution in [0.15, 0.2) is 60.7 Å². The summed E-state index contributed by atoms with van der Waals surface area (Å²) < 4.78 is 6.06. The van der Waals surface area contributed by atoms with Gasteiger partial charge in [0.25, 0.3) is 0 Å². The van der Waals surface area contributed by atoms with Crippen molar-refractivity contribution in [3.8, 4) is 11.1 Å². The average molecular weight is 510 g/mol. The van der Waals surface area contributed by atoms with Crippen molar-refractivity contribution < 1.29 is 19.7 Å². The van der Waals surface area contributed by atoms with Crippen LogP contribution in [0.5, 0.6) is 0 Å². The molecule has 0 aliphatic rings. The van der Waals surface area contributed by atoms with Crippen molar-refractivity contribution in [3.05, 3.63) is 93.5 Å². The minimum atomic E-state index is -0.933. The molecule has 3 aromatic rings. The SMILES string of the molecule is Cc1ccc(CC(C)(C)NC[C@@H](O)CO[C@H](C)c2ccccc2-c2ccc(C(=O)O)c(C)c2)cc1Cl. The Morgan fingerprint density at radius 3 is 2.44 bits per heavy atom. The first-order chi connectivity index (χ1) is 17.0. The number of β-amino-alcohol motifs (C(OH)–C–C–N with tert-alkyl or cyclic N) is 1. The molecule has 0 bridgehead atoms. The number of aliphatic hydroxyl groups is 1. The molecule has 2 atom stereocenters. The number of hydrogen-bond acceptors (Lipinski definition) is 4. The molecule has 192 valence electrons. The number of carbonyl (C=O) groups is 1. The van der Waals surface area contributed by atoms with E-state index in [1.807, 2.05) is 62.4 Å². The number of hydrogen-bond donors (Lipinski definition) is 3. The molecule has 0 radical (unpaired) electrons. The lowest BCUT2D eigenvalue weighted by Crippen LogP contribution is -2.46. The molecule has 0 aliphatic carbocycles. The predicted molar refractivity (Wildman–Crippen MR) is 146 cm³/mol. The molecule has 5 nitrogen and oxygen atoms in total. The summed E-state index contributed by atoms with van der Waals surface area (Å²) in [6.45, 7) is 10.5. The van der Waals surface area contributed by atoms with Crippen molar-refractivity contribution in [2.75, 3.05) is 13.2 Å². The summed E-state index contributed by atoms with van der Waals surface area (Å²) in [7, 11) is 0. The quantitative estimate of drug-likeness (QED) is 0.280. The van der Waals surface area contributed by atoms with Crippen molar-refractivity contribution in [2.24, 2.45) is 0 Å². The van der Waals surface area contributed by atoms with Crippen molar-refractivity contribution >= 4 is 17.6 Å². The fourth-order valence-electron chi connectivity index (χ4n) is 4.30. The average Bonchev–Trinajstić information content (AvgIpc) is 2.83. The minimum absolute atomic E-state index is 0.186. The molecule has 0 fully saturated rings. The standard InChI is InChI=1S/C30H36ClNO4/c1-19-10-11-22(15-28(19)31)16-30(4,5)32-17-24(33)18-36-21(3)26-8-6-7-9-27(26)23-12-13-25(29(34)35)20(2)14-23/h6-15,21,24,32-33H,16-18H2,1-5H3,(H,34,35)/t21-,24-/m1/s1. The Balaban J connectivity index is 1.59. The third kappa shape index (κ3) is 7.40. The van der Waals surface area contributed by atoms with E-state index < -0.39 is 12.1 Å². The van der Waals surface area contributed by atoms with Crippen LogP contribution in [-0.4, -0.2) is 41.0 Å². The normalized spacial score (nSPS) is 13.4. The van der Waals surface area contributed by atoms with E-state index in [4.69, 9.17) is 16.3 Å². The van der Waals surface area contributed by atoms with E-state index in [9.17, 15) is 15.0 Å². The number of halogens is 1. The lowest BCUT2D eigenvalue weighted by atomic mass is 9.94. The number of carboxylic acids is 1. The molecule has 3 N–H and O–H groups in total. The molecule has 0 unspecified atom stereocenters. The molecule has 36 heavy (non-hydrogen) atoms. The van der Waals surface area contributed by atoms with E-state index in [1.165, 1.54) is 0 Å². The maximum atomic E-state index is 11.4. The van der Waals surface area contributed by atoms with E-state index in [0.29, 0.717) is 17.7 Å². The van der Waals surface area contributed by atoms with Crippen LogP contribution >= 0.6 is 11.6 Å². The lowest BCUT2D eigenvalue weighted by molar-refractivity contribution is -0.00397. The fraction of sp³-hybridized carbons (Fsp3) is 0.367. The topological polar surface area (TPSA) is 78.8 Å². The van der Waals surface area contributed by atoms with Crippen LogP contribution in [0, 0.1) is 13.8 Å². The van der Waals surface area contributed by atoms with Gasteiger partial charge in [0.1, 0.15) is 0 Å². The van der Waals surface area contributed by atoms with Gasteiger partial charge in [-0.15, -0.1) is 0 Å². The molecule has 0 spiro atoms. The molecular formula is C30H36ClNO4. The maximum Gasteiger partial charge on any atom is 0.335 e. The highest BCUT2D eigenvalue weighted by Gasteiger charge is 2.21. The highest BCUT2D eigenvalue weighted by atomic mass is 35.5. The number of aromatic carboxylic acids is 1. The van der Waals surface area contributed by atoms with Crippen LogP contribution in [0.3, 0.4) is 0 Å². The van der Waals surface area contributed by atoms with Crippen LogP contribution < -0.4 is 5.32 Å². The van der Waals surface area contributed by atoms with E-state index in [-0.39, 0.29) is 18.2 Å². The van der Waals surface area contributed by atoms with E-state index >= 15 is 0 Å². The summed E-state index contributed by atoms with van der Waals surface area (Å²) in [5.74, 6) is -0.933. The van der Waals surface area contributed by atoms with Crippen molar-refractivity contribution in [3.63, 3.8) is 0 Å². The van der Waals surface area contributed by atoms with Crippen molar-refractivity contribution in [2.45, 2.75) is 58.8 Å². The maximum absolute atomic E-state index is 11.4. The summed E-state index contributed by atoms with van der Waals surface area (Å²) in [6.07, 6.45) is -0.139. The molecule has 0 aromatic heterocycles. The fourth-order valence-corrected chi connectivity index (χ4v) is 4.51. The number of nitrogens with one attached hydrogen (secondary N) is 1. The molecule has 0 heterocycles. The molecule has 6 heteroatoms. The molecule has 0 aliphatic heterocycles. The van der Waals surface area contributed by atoms with Gasteiger partial charge < -0.3 is 20.3 Å². The van der Waals surface area contributed by atoms with E-state index in [0.717, 1.165) is 39.3 Å². The number of benzene rings is 3. The first kappa shape index (κ1) is 27.9. The van der Waals surface area contributed by atoms with E-state index in [2.05, 4.69) is 25.2 Å². The van der Waals surface area contributed by atoms with Crippen molar-refractivity contribution in [1.29, 1.82) is 0 Å². The first-order valence-corrected chi connectivity index (χ1v) is 12.6. The third-order valence-electron chi connectivity index (χ3n) is 6.40. The highest BCUT2D eigenvalue weighted by molar-refractivity contribution is 6.31. The van der Waals surface area contributed by atoms with Gasteiger partial charge in [0, 0.05) is 17.1 Å². The Hall–Kier alpha value is -2.70. The van der Waals surface area contributed by atoms with Gasteiger partial charge in [0.2, 0.25) is 0 Å². The zero-order chi connectivity index (χ0) is 26.5. The monoisotopic (exact) mass is 509 g/mol. The van der Waals surface area contributed by atoms with Crippen LogP contribution in [-0.2, 0) is 11.2 Å². The number of aliphatic hydroxyl groups excluding tert-OH is 1. The molecule has 0 amide bonds. The van der Waals surface area contributed by atoms with Gasteiger partial charge in [0.15, 0.2) is 0 Å². The highest BCUT2D eigenvalue weighted by Crippen LogP contribution is 2.31. The second-order valence-electron chi connectivity index (χ2n) is 10.1. The molecule has 3 rings (SSSR count). The second kappa shape index (κ2) is 12.0. The molecule has 3 aromatic carbocycles. The van der Waals surface area contributed by atoms with Crippen molar-refractivity contribution in [1.82, 2.24) is 5.32 Å². The Morgan fingerprint density at radius 2 is 1.78 bits per heavy atom. The summed E-state index contributed by atoms with van der Waals surface area (Å²) >= 11 is 6.27. The van der Waals surface area contributed by atoms with Crippen LogP contribution in [0.4, 0.5) is 0 Å². The minimum Gasteiger partial charge on any atom is -0.478 e. The summed E-state index contributed by atoms with van der Waals surface area (Å²) in [5, 5.41) is 24.1. The lowest BCUT2D eigenvalue weighted by Gasteiger charge is -2.28. The number of aryl methyl sites for hydroxylation is 2. The molecule has 0 saturated heterocycles. The Bertz CT molecular complexity index is 1210. The van der Waals surface area contributed by atoms with Gasteiger partial charge in [-0.2, -0.15) is 0 Å². The summed E-state index contributed by atoms with van der Waals surface area (Å²) in [4.78, 5) is 11.4. The first-order valence-electron chi connectivity index (χ1n) is 12.2. The largest absolute Gasteiger partial charge is 0.478 e. The Labute approximate surface area is 219 Å². The van der Waals surface area contributed by atoms with Crippen LogP contribution in [0.2, 0.25) is 5.02 Å². The third-order valence-corrected chi connectivity index (χ3v) is 6.81. The number of carboxylic acid groups (broad SMARTS) is 1. The number of rotatable bonds is 11. The Morgan fingerprint density at radius 1 is 1.06 bits per heavy atom. The zero-order valence-corrected chi connectivity index (χ0v) is 22.4. The second-order valence-corrected chi connectivity index (χ2v) is 10.5. The van der Waals surface area contributed by atoms with Crippen LogP contribution in [0.25, 0.3) is 11.1 Å². The number of ether oxygens (including phenoxy) is 1. The van der Waals surface area contributed by atoms with Gasteiger partial charge >= 0.3 is 5.97 Å². The predicted octanol–water partition coefficient (Wildman–Crippen LogP) is 6.37. The smallest absolute Gasteiger partial charge is 0.335 e. The van der Waals surface area contributed by atoms with Crippen LogP contribution in [0.1, 0.15) is 59.5 Å². The van der Waals surface area contributed by atoms with Gasteiger partial charge in [0.05, 0.1) is 24.4 Å². The molecular weight excluding hydrogens is 474 g/mol. The summed E-state index contributed by atoms with van der Waals surface area (Å²) in [6, 6.07) is 19.4. The zero-order valence-electron chi connectivity index (χ0n) is 21.6. The summed E-state index contributed by atoms with van der Waals surface area (Å²) in [5.41, 5.74) is 5.88. The molecule has 0 saturated carbocycles. The Kier molecular flexibility index (Phi) is 9.31. The van der Waals surface area contributed by atoms with Gasteiger partial charge in [-0.1, -0.05) is 60.1 Å².